The van der Waals surface area contributed by atoms with E-state index in [0.717, 1.165) is 48.7 Å². The second-order valence-electron chi connectivity index (χ2n) is 7.74. The average molecular weight is 409 g/mol. The first-order valence-corrected chi connectivity index (χ1v) is 10.5. The Bertz CT molecular complexity index is 957. The molecular weight excluding hydrogens is 383 g/mol. The molecule has 1 heterocycles. The molecule has 3 aromatic rings. The van der Waals surface area contributed by atoms with E-state index >= 15 is 0 Å². The van der Waals surface area contributed by atoms with Crippen LogP contribution < -0.4 is 0 Å². The van der Waals surface area contributed by atoms with Crippen molar-refractivity contribution in [2.75, 3.05) is 13.1 Å². The van der Waals surface area contributed by atoms with Crippen LogP contribution in [0, 0.1) is 12.7 Å². The van der Waals surface area contributed by atoms with E-state index in [-0.39, 0.29) is 12.0 Å². The Kier molecular flexibility index (Phi) is 6.29. The third-order valence-electron chi connectivity index (χ3n) is 5.68. The van der Waals surface area contributed by atoms with Crippen LogP contribution in [-0.2, 0) is 13.1 Å². The molecule has 1 fully saturated rings. The molecule has 0 bridgehead atoms. The third kappa shape index (κ3) is 4.69. The lowest BCUT2D eigenvalue weighted by molar-refractivity contribution is -0.00944. The molecule has 3 aromatic carbocycles. The predicted molar refractivity (Wildman–Crippen MR) is 117 cm³/mol. The molecule has 0 unspecified atom stereocenters. The summed E-state index contributed by atoms with van der Waals surface area (Å²) < 4.78 is 13.4. The van der Waals surface area contributed by atoms with Gasteiger partial charge in [0.05, 0.1) is 6.17 Å². The molecule has 1 aliphatic heterocycles. The number of benzene rings is 3. The van der Waals surface area contributed by atoms with Crippen LogP contribution in [0.1, 0.15) is 34.8 Å². The van der Waals surface area contributed by atoms with Gasteiger partial charge in [-0.2, -0.15) is 0 Å². The van der Waals surface area contributed by atoms with Crippen molar-refractivity contribution in [1.29, 1.82) is 0 Å². The van der Waals surface area contributed by atoms with E-state index in [1.165, 1.54) is 11.1 Å². The van der Waals surface area contributed by atoms with Crippen LogP contribution in [0.2, 0.25) is 5.02 Å². The van der Waals surface area contributed by atoms with Crippen LogP contribution in [0.15, 0.2) is 72.8 Å². The van der Waals surface area contributed by atoms with E-state index < -0.39 is 0 Å². The molecule has 4 heteroatoms. The van der Waals surface area contributed by atoms with Crippen molar-refractivity contribution in [3.63, 3.8) is 0 Å². The highest BCUT2D eigenvalue weighted by Gasteiger charge is 2.31. The van der Waals surface area contributed by atoms with Gasteiger partial charge in [0.2, 0.25) is 0 Å². The van der Waals surface area contributed by atoms with Crippen LogP contribution >= 0.6 is 11.6 Å². The van der Waals surface area contributed by atoms with Crippen LogP contribution in [0.25, 0.3) is 0 Å². The molecule has 29 heavy (non-hydrogen) atoms. The van der Waals surface area contributed by atoms with Crippen LogP contribution in [0.4, 0.5) is 4.39 Å². The van der Waals surface area contributed by atoms with Crippen molar-refractivity contribution in [3.8, 4) is 0 Å². The molecule has 1 atom stereocenters. The molecule has 0 spiro atoms. The van der Waals surface area contributed by atoms with Gasteiger partial charge in [0, 0.05) is 31.2 Å². The van der Waals surface area contributed by atoms with Gasteiger partial charge in [0.25, 0.3) is 0 Å². The van der Waals surface area contributed by atoms with Crippen LogP contribution in [-0.4, -0.2) is 22.9 Å². The van der Waals surface area contributed by atoms with Gasteiger partial charge in [-0.15, -0.1) is 0 Å². The zero-order valence-electron chi connectivity index (χ0n) is 16.7. The Morgan fingerprint density at radius 2 is 1.52 bits per heavy atom. The normalized spacial score (nSPS) is 18.1. The zero-order valence-corrected chi connectivity index (χ0v) is 17.4. The summed E-state index contributed by atoms with van der Waals surface area (Å²) in [7, 11) is 0. The molecule has 0 aliphatic carbocycles. The monoisotopic (exact) mass is 408 g/mol. The first kappa shape index (κ1) is 20.1. The van der Waals surface area contributed by atoms with Gasteiger partial charge < -0.3 is 0 Å². The summed E-state index contributed by atoms with van der Waals surface area (Å²) in [6, 6.07) is 23.5. The van der Waals surface area contributed by atoms with E-state index in [1.54, 1.807) is 12.1 Å². The summed E-state index contributed by atoms with van der Waals surface area (Å²) in [6.07, 6.45) is 1.25. The van der Waals surface area contributed by atoms with Gasteiger partial charge in [-0.1, -0.05) is 66.2 Å². The number of halogens is 2. The summed E-state index contributed by atoms with van der Waals surface area (Å²) in [5, 5.41) is 0.812. The van der Waals surface area contributed by atoms with Gasteiger partial charge in [-0.25, -0.2) is 4.39 Å². The summed E-state index contributed by atoms with van der Waals surface area (Å²) in [5.74, 6) is -0.191. The molecule has 0 saturated carbocycles. The highest BCUT2D eigenvalue weighted by atomic mass is 35.5. The predicted octanol–water partition coefficient (Wildman–Crippen LogP) is 6.19. The zero-order chi connectivity index (χ0) is 20.2. The largest absolute Gasteiger partial charge is 0.280 e. The fourth-order valence-corrected chi connectivity index (χ4v) is 4.42. The maximum atomic E-state index is 13.4. The first-order chi connectivity index (χ1) is 14.1. The van der Waals surface area contributed by atoms with Crippen LogP contribution in [0.3, 0.4) is 0 Å². The molecule has 0 radical (unpaired) electrons. The lowest BCUT2D eigenvalue weighted by Gasteiger charge is -2.45. The minimum Gasteiger partial charge on any atom is -0.280 e. The van der Waals surface area contributed by atoms with Crippen molar-refractivity contribution in [3.05, 3.63) is 106 Å². The molecule has 1 saturated heterocycles. The Morgan fingerprint density at radius 1 is 0.862 bits per heavy atom. The minimum atomic E-state index is -0.191. The van der Waals surface area contributed by atoms with Gasteiger partial charge >= 0.3 is 0 Å². The molecule has 1 aliphatic rings. The Morgan fingerprint density at radius 3 is 2.24 bits per heavy atom. The van der Waals surface area contributed by atoms with E-state index in [2.05, 4.69) is 47.1 Å². The van der Waals surface area contributed by atoms with Gasteiger partial charge in [0.1, 0.15) is 5.82 Å². The molecular formula is C25H26ClFN2. The van der Waals surface area contributed by atoms with Crippen molar-refractivity contribution < 1.29 is 4.39 Å². The number of nitrogens with zero attached hydrogens (tertiary/aromatic N) is 2. The van der Waals surface area contributed by atoms with Crippen molar-refractivity contribution in [2.45, 2.75) is 32.6 Å². The Hall–Kier alpha value is -2.20. The lowest BCUT2D eigenvalue weighted by atomic mass is 10.00. The third-order valence-corrected chi connectivity index (χ3v) is 6.05. The number of aryl methyl sites for hydroxylation is 1. The molecule has 150 valence electrons. The van der Waals surface area contributed by atoms with E-state index in [4.69, 9.17) is 11.6 Å². The summed E-state index contributed by atoms with van der Waals surface area (Å²) in [5.41, 5.74) is 4.88. The second kappa shape index (κ2) is 9.08. The number of hydrogen-bond acceptors (Lipinski definition) is 2. The molecule has 2 nitrogen and oxygen atoms in total. The molecule has 4 rings (SSSR count). The van der Waals surface area contributed by atoms with Crippen molar-refractivity contribution >= 4 is 11.6 Å². The highest BCUT2D eigenvalue weighted by molar-refractivity contribution is 6.31. The summed E-state index contributed by atoms with van der Waals surface area (Å²) in [4.78, 5) is 5.01. The van der Waals surface area contributed by atoms with Gasteiger partial charge in [-0.3, -0.25) is 9.80 Å². The van der Waals surface area contributed by atoms with Gasteiger partial charge in [-0.05, 0) is 53.8 Å². The maximum absolute atomic E-state index is 13.4. The molecule has 0 N–H and O–H groups in total. The van der Waals surface area contributed by atoms with E-state index in [9.17, 15) is 4.39 Å². The lowest BCUT2D eigenvalue weighted by Crippen LogP contribution is -2.47. The standard InChI is InChI=1S/C25H26ClFN2/c1-19-7-2-4-9-23(19)25-28(17-20-11-13-22(27)14-12-20)15-6-16-29(25)18-21-8-3-5-10-24(21)26/h2-5,7-14,25H,6,15-18H2,1H3/t25-/m1/s1. The van der Waals surface area contributed by atoms with E-state index in [0.29, 0.717) is 0 Å². The average Bonchev–Trinajstić information content (AvgIpc) is 2.72. The van der Waals surface area contributed by atoms with Crippen molar-refractivity contribution in [2.24, 2.45) is 0 Å². The molecule has 0 amide bonds. The molecule has 0 aromatic heterocycles. The fraction of sp³-hybridized carbons (Fsp3) is 0.280. The van der Waals surface area contributed by atoms with Crippen LogP contribution in [0.5, 0.6) is 0 Å². The smallest absolute Gasteiger partial charge is 0.123 e. The number of rotatable bonds is 5. The topological polar surface area (TPSA) is 6.48 Å². The SMILES string of the molecule is Cc1ccccc1[C@@H]1N(Cc2ccc(F)cc2)CCCN1Cc1ccccc1Cl. The summed E-state index contributed by atoms with van der Waals surface area (Å²) >= 11 is 6.47. The Balaban J connectivity index is 1.67. The minimum absolute atomic E-state index is 0.159. The second-order valence-corrected chi connectivity index (χ2v) is 8.15. The van der Waals surface area contributed by atoms with Crippen molar-refractivity contribution in [1.82, 2.24) is 9.80 Å². The summed E-state index contributed by atoms with van der Waals surface area (Å²) in [6.45, 7) is 5.80. The fourth-order valence-electron chi connectivity index (χ4n) is 4.22. The quantitative estimate of drug-likeness (QED) is 0.496. The Labute approximate surface area is 177 Å². The maximum Gasteiger partial charge on any atom is 0.123 e. The van der Waals surface area contributed by atoms with Gasteiger partial charge in [0.15, 0.2) is 0 Å². The first-order valence-electron chi connectivity index (χ1n) is 10.1. The van der Waals surface area contributed by atoms with E-state index in [1.807, 2.05) is 30.3 Å². The number of hydrogen-bond donors (Lipinski definition) is 0. The highest BCUT2D eigenvalue weighted by Crippen LogP contribution is 2.34.